The summed E-state index contributed by atoms with van der Waals surface area (Å²) in [6.07, 6.45) is 1.37. The molecule has 0 saturated heterocycles. The highest BCUT2D eigenvalue weighted by atomic mass is 16.6. The van der Waals surface area contributed by atoms with Crippen LogP contribution in [-0.4, -0.2) is 18.1 Å². The molecule has 0 bridgehead atoms. The van der Waals surface area contributed by atoms with Gasteiger partial charge in [-0.15, -0.1) is 0 Å². The molecule has 0 unspecified atom stereocenters. The van der Waals surface area contributed by atoms with E-state index in [0.717, 1.165) is 0 Å². The van der Waals surface area contributed by atoms with Gasteiger partial charge in [-0.25, -0.2) is 0 Å². The Hall–Kier alpha value is -3.22. The number of nitro groups is 1. The van der Waals surface area contributed by atoms with Gasteiger partial charge in [-0.1, -0.05) is 6.58 Å². The zero-order valence-electron chi connectivity index (χ0n) is 12.3. The van der Waals surface area contributed by atoms with E-state index >= 15 is 0 Å². The summed E-state index contributed by atoms with van der Waals surface area (Å²) in [5, 5.41) is 18.6. The molecule has 7 heteroatoms. The molecule has 0 fully saturated rings. The highest BCUT2D eigenvalue weighted by Gasteiger charge is 2.03. The molecule has 0 spiro atoms. The van der Waals surface area contributed by atoms with Crippen LogP contribution >= 0.6 is 0 Å². The lowest BCUT2D eigenvalue weighted by atomic mass is 10.3. The van der Waals surface area contributed by atoms with E-state index in [1.165, 1.54) is 18.4 Å². The maximum Gasteiger partial charge on any atom is 0.269 e. The summed E-state index contributed by atoms with van der Waals surface area (Å²) < 4.78 is 10.4. The second kappa shape index (κ2) is 8.28. The quantitative estimate of drug-likeness (QED) is 0.235. The molecule has 0 aromatic heterocycles. The van der Waals surface area contributed by atoms with E-state index in [1.54, 1.807) is 36.4 Å². The van der Waals surface area contributed by atoms with E-state index in [4.69, 9.17) is 9.47 Å². The Bertz CT molecular complexity index is 681. The van der Waals surface area contributed by atoms with E-state index in [9.17, 15) is 10.1 Å². The van der Waals surface area contributed by atoms with Crippen LogP contribution in [0.3, 0.4) is 0 Å². The number of azo groups is 1. The molecule has 0 radical (unpaired) electrons. The fourth-order valence-corrected chi connectivity index (χ4v) is 1.66. The third-order valence-corrected chi connectivity index (χ3v) is 2.77. The number of rotatable bonds is 8. The Morgan fingerprint density at radius 1 is 1.00 bits per heavy atom. The van der Waals surface area contributed by atoms with Gasteiger partial charge in [-0.05, 0) is 36.4 Å². The minimum atomic E-state index is -0.459. The van der Waals surface area contributed by atoms with Crippen molar-refractivity contribution < 1.29 is 14.4 Å². The zero-order valence-corrected chi connectivity index (χ0v) is 12.3. The Labute approximate surface area is 133 Å². The van der Waals surface area contributed by atoms with Crippen LogP contribution in [0.2, 0.25) is 0 Å². The lowest BCUT2D eigenvalue weighted by Crippen LogP contribution is -2.03. The minimum absolute atomic E-state index is 0.0193. The smallest absolute Gasteiger partial charge is 0.269 e. The number of hydrogen-bond acceptors (Lipinski definition) is 6. The summed E-state index contributed by atoms with van der Waals surface area (Å²) in [7, 11) is 0. The Kier molecular flexibility index (Phi) is 5.81. The van der Waals surface area contributed by atoms with Crippen molar-refractivity contribution in [2.24, 2.45) is 10.2 Å². The highest BCUT2D eigenvalue weighted by Crippen LogP contribution is 2.22. The number of nitrogens with zero attached hydrogens (tertiary/aromatic N) is 3. The van der Waals surface area contributed by atoms with Gasteiger partial charge >= 0.3 is 0 Å². The van der Waals surface area contributed by atoms with Gasteiger partial charge in [0.25, 0.3) is 5.69 Å². The summed E-state index contributed by atoms with van der Waals surface area (Å²) in [5.74, 6) is 0.701. The first kappa shape index (κ1) is 16.2. The van der Waals surface area contributed by atoms with Crippen molar-refractivity contribution in [3.8, 4) is 5.75 Å². The lowest BCUT2D eigenvalue weighted by Gasteiger charge is -2.05. The van der Waals surface area contributed by atoms with Crippen molar-refractivity contribution in [3.05, 3.63) is 71.5 Å². The van der Waals surface area contributed by atoms with Gasteiger partial charge in [0.15, 0.2) is 0 Å². The predicted octanol–water partition coefficient (Wildman–Crippen LogP) is 4.55. The third kappa shape index (κ3) is 5.24. The van der Waals surface area contributed by atoms with E-state index < -0.39 is 4.92 Å². The largest absolute Gasteiger partial charge is 0.498 e. The average Bonchev–Trinajstić information content (AvgIpc) is 2.58. The molecule has 0 heterocycles. The van der Waals surface area contributed by atoms with Gasteiger partial charge in [0.05, 0.1) is 22.6 Å². The first-order valence-electron chi connectivity index (χ1n) is 6.80. The van der Waals surface area contributed by atoms with E-state index in [-0.39, 0.29) is 5.69 Å². The van der Waals surface area contributed by atoms with Crippen molar-refractivity contribution in [1.82, 2.24) is 0 Å². The molecule has 0 aliphatic rings. The molecule has 118 valence electrons. The number of hydrogen-bond donors (Lipinski definition) is 0. The van der Waals surface area contributed by atoms with Crippen molar-refractivity contribution in [2.75, 3.05) is 13.2 Å². The standard InChI is InChI=1S/C16H15N3O4/c1-2-22-11-12-23-16-9-5-14(6-10-16)18-17-13-3-7-15(8-4-13)19(20)21/h2-10H,1,11-12H2. The molecule has 0 aliphatic carbocycles. The van der Waals surface area contributed by atoms with Gasteiger partial charge in [0.1, 0.15) is 19.0 Å². The Balaban J connectivity index is 1.91. The van der Waals surface area contributed by atoms with Crippen LogP contribution in [0.4, 0.5) is 17.1 Å². The first-order chi connectivity index (χ1) is 11.2. The number of ether oxygens (including phenoxy) is 2. The van der Waals surface area contributed by atoms with Crippen LogP contribution in [0, 0.1) is 10.1 Å². The number of benzene rings is 2. The molecule has 0 saturated carbocycles. The van der Waals surface area contributed by atoms with Gasteiger partial charge in [0, 0.05) is 12.1 Å². The van der Waals surface area contributed by atoms with Crippen LogP contribution in [0.25, 0.3) is 0 Å². The van der Waals surface area contributed by atoms with Gasteiger partial charge in [0.2, 0.25) is 0 Å². The number of nitro benzene ring substituents is 1. The van der Waals surface area contributed by atoms with Crippen molar-refractivity contribution in [3.63, 3.8) is 0 Å². The summed E-state index contributed by atoms with van der Waals surface area (Å²) in [4.78, 5) is 10.1. The molecule has 2 aromatic rings. The van der Waals surface area contributed by atoms with E-state index in [0.29, 0.717) is 30.3 Å². The maximum absolute atomic E-state index is 10.6. The van der Waals surface area contributed by atoms with Crippen LogP contribution in [0.5, 0.6) is 5.75 Å². The van der Waals surface area contributed by atoms with Crippen LogP contribution in [0.15, 0.2) is 71.6 Å². The fourth-order valence-electron chi connectivity index (χ4n) is 1.66. The molecule has 23 heavy (non-hydrogen) atoms. The fraction of sp³-hybridized carbons (Fsp3) is 0.125. The molecular formula is C16H15N3O4. The van der Waals surface area contributed by atoms with Crippen molar-refractivity contribution in [1.29, 1.82) is 0 Å². The number of non-ortho nitro benzene ring substituents is 1. The minimum Gasteiger partial charge on any atom is -0.498 e. The average molecular weight is 313 g/mol. The highest BCUT2D eigenvalue weighted by molar-refractivity contribution is 5.45. The molecular weight excluding hydrogens is 298 g/mol. The normalized spacial score (nSPS) is 10.4. The summed E-state index contributed by atoms with van der Waals surface area (Å²) in [6, 6.07) is 12.9. The molecule has 0 aliphatic heterocycles. The maximum atomic E-state index is 10.6. The molecule has 2 rings (SSSR count). The second-order valence-electron chi connectivity index (χ2n) is 4.35. The predicted molar refractivity (Wildman–Crippen MR) is 85.4 cm³/mol. The first-order valence-corrected chi connectivity index (χ1v) is 6.80. The van der Waals surface area contributed by atoms with Gasteiger partial charge < -0.3 is 9.47 Å². The van der Waals surface area contributed by atoms with Crippen LogP contribution < -0.4 is 4.74 Å². The molecule has 2 aromatic carbocycles. The zero-order chi connectivity index (χ0) is 16.5. The monoisotopic (exact) mass is 313 g/mol. The van der Waals surface area contributed by atoms with E-state index in [1.807, 2.05) is 0 Å². The molecule has 0 amide bonds. The van der Waals surface area contributed by atoms with Crippen molar-refractivity contribution in [2.45, 2.75) is 0 Å². The van der Waals surface area contributed by atoms with Gasteiger partial charge in [-0.2, -0.15) is 10.2 Å². The summed E-state index contributed by atoms with van der Waals surface area (Å²) in [5.41, 5.74) is 1.21. The molecule has 7 nitrogen and oxygen atoms in total. The Morgan fingerprint density at radius 2 is 1.57 bits per heavy atom. The molecule has 0 N–H and O–H groups in total. The third-order valence-electron chi connectivity index (χ3n) is 2.77. The summed E-state index contributed by atoms with van der Waals surface area (Å²) in [6.45, 7) is 4.30. The van der Waals surface area contributed by atoms with Gasteiger partial charge in [-0.3, -0.25) is 10.1 Å². The Morgan fingerprint density at radius 3 is 2.09 bits per heavy atom. The van der Waals surface area contributed by atoms with Crippen LogP contribution in [0.1, 0.15) is 0 Å². The second-order valence-corrected chi connectivity index (χ2v) is 4.35. The van der Waals surface area contributed by atoms with Crippen molar-refractivity contribution >= 4 is 17.1 Å². The lowest BCUT2D eigenvalue weighted by molar-refractivity contribution is -0.384. The topological polar surface area (TPSA) is 86.3 Å². The summed E-state index contributed by atoms with van der Waals surface area (Å²) >= 11 is 0. The SMILES string of the molecule is C=COCCOc1ccc(N=Nc2ccc([N+](=O)[O-])cc2)cc1. The van der Waals surface area contributed by atoms with Crippen LogP contribution in [-0.2, 0) is 4.74 Å². The molecule has 0 atom stereocenters. The van der Waals surface area contributed by atoms with E-state index in [2.05, 4.69) is 16.8 Å².